The highest BCUT2D eigenvalue weighted by Crippen LogP contribution is 2.34. The third kappa shape index (κ3) is 2.84. The largest absolute Gasteiger partial charge is 0.336 e. The number of likely N-dealkylation sites (tertiary alicyclic amines) is 1. The van der Waals surface area contributed by atoms with Crippen molar-refractivity contribution in [2.24, 2.45) is 5.92 Å². The second-order valence-corrected chi connectivity index (χ2v) is 7.70. The van der Waals surface area contributed by atoms with E-state index in [0.29, 0.717) is 18.0 Å². The van der Waals surface area contributed by atoms with E-state index in [1.165, 1.54) is 23.5 Å². The number of nitrogens with zero attached hydrogens (tertiary/aromatic N) is 2. The average Bonchev–Trinajstić information content (AvgIpc) is 3.07. The summed E-state index contributed by atoms with van der Waals surface area (Å²) < 4.78 is 13.5. The first-order valence-electron chi connectivity index (χ1n) is 8.49. The van der Waals surface area contributed by atoms with Crippen molar-refractivity contribution in [1.29, 1.82) is 0 Å². The van der Waals surface area contributed by atoms with E-state index < -0.39 is 0 Å². The predicted octanol–water partition coefficient (Wildman–Crippen LogP) is 3.33. The summed E-state index contributed by atoms with van der Waals surface area (Å²) in [4.78, 5) is 29.5. The summed E-state index contributed by atoms with van der Waals surface area (Å²) in [5, 5.41) is 1.88. The lowest BCUT2D eigenvalue weighted by Gasteiger charge is -2.43. The lowest BCUT2D eigenvalue weighted by molar-refractivity contribution is -0.126. The quantitative estimate of drug-likeness (QED) is 0.826. The summed E-state index contributed by atoms with van der Waals surface area (Å²) >= 11 is 1.42. The number of benzene rings is 1. The summed E-state index contributed by atoms with van der Waals surface area (Å²) in [6.45, 7) is 2.93. The van der Waals surface area contributed by atoms with Crippen LogP contribution in [0.5, 0.6) is 0 Å². The van der Waals surface area contributed by atoms with Crippen LogP contribution in [0.1, 0.15) is 28.6 Å². The molecular weight excluding hydrogens is 339 g/mol. The van der Waals surface area contributed by atoms with Gasteiger partial charge in [-0.1, -0.05) is 6.07 Å². The van der Waals surface area contributed by atoms with Crippen LogP contribution in [-0.4, -0.2) is 35.8 Å². The zero-order chi connectivity index (χ0) is 17.6. The molecule has 0 N–H and O–H groups in total. The van der Waals surface area contributed by atoms with Crippen molar-refractivity contribution in [3.63, 3.8) is 0 Å². The summed E-state index contributed by atoms with van der Waals surface area (Å²) in [6, 6.07) is 8.38. The molecule has 0 unspecified atom stereocenters. The molecule has 130 valence electrons. The lowest BCUT2D eigenvalue weighted by Crippen LogP contribution is -2.58. The zero-order valence-electron chi connectivity index (χ0n) is 13.9. The molecule has 0 saturated carbocycles. The number of fused-ring (bicyclic) bond motifs is 1. The van der Waals surface area contributed by atoms with Crippen LogP contribution in [0.25, 0.3) is 0 Å². The van der Waals surface area contributed by atoms with Crippen molar-refractivity contribution in [1.82, 2.24) is 4.90 Å². The second kappa shape index (κ2) is 6.26. The maximum atomic E-state index is 13.5. The molecule has 2 amide bonds. The van der Waals surface area contributed by atoms with E-state index in [0.717, 1.165) is 24.1 Å². The van der Waals surface area contributed by atoms with Crippen LogP contribution in [0.2, 0.25) is 0 Å². The second-order valence-electron chi connectivity index (χ2n) is 6.75. The highest BCUT2D eigenvalue weighted by atomic mass is 32.1. The van der Waals surface area contributed by atoms with Gasteiger partial charge in [0.15, 0.2) is 0 Å². The van der Waals surface area contributed by atoms with Crippen LogP contribution in [0.4, 0.5) is 10.1 Å². The molecule has 0 bridgehead atoms. The summed E-state index contributed by atoms with van der Waals surface area (Å²) in [6.07, 6.45) is 1.61. The molecule has 2 aliphatic rings. The summed E-state index contributed by atoms with van der Waals surface area (Å²) in [5.41, 5.74) is 1.70. The average molecular weight is 358 g/mol. The van der Waals surface area contributed by atoms with Gasteiger partial charge in [-0.05, 0) is 55.0 Å². The van der Waals surface area contributed by atoms with Gasteiger partial charge in [-0.3, -0.25) is 9.59 Å². The Morgan fingerprint density at radius 3 is 2.76 bits per heavy atom. The number of aryl methyl sites for hydroxylation is 1. The molecule has 25 heavy (non-hydrogen) atoms. The SMILES string of the molecule is C[C@@H]1CCc2cc(F)ccc2N1C(=O)C1CN(C(=O)c2cccs2)C1. The Morgan fingerprint density at radius 1 is 1.24 bits per heavy atom. The van der Waals surface area contributed by atoms with Crippen molar-refractivity contribution >= 4 is 28.8 Å². The van der Waals surface area contributed by atoms with Crippen molar-refractivity contribution in [3.05, 3.63) is 52.0 Å². The van der Waals surface area contributed by atoms with Crippen LogP contribution < -0.4 is 4.90 Å². The smallest absolute Gasteiger partial charge is 0.263 e. The molecule has 1 aromatic heterocycles. The van der Waals surface area contributed by atoms with Gasteiger partial charge in [-0.2, -0.15) is 0 Å². The molecule has 2 aromatic rings. The van der Waals surface area contributed by atoms with Crippen LogP contribution in [0.3, 0.4) is 0 Å². The number of anilines is 1. The Morgan fingerprint density at radius 2 is 2.04 bits per heavy atom. The molecule has 4 nitrogen and oxygen atoms in total. The van der Waals surface area contributed by atoms with Gasteiger partial charge in [0.1, 0.15) is 5.82 Å². The molecule has 0 aliphatic carbocycles. The number of thiophene rings is 1. The minimum Gasteiger partial charge on any atom is -0.336 e. The molecule has 0 radical (unpaired) electrons. The highest BCUT2D eigenvalue weighted by Gasteiger charge is 2.41. The number of rotatable bonds is 2. The lowest BCUT2D eigenvalue weighted by atomic mass is 9.92. The first-order valence-corrected chi connectivity index (χ1v) is 9.37. The van der Waals surface area contributed by atoms with E-state index in [1.807, 2.05) is 18.4 Å². The van der Waals surface area contributed by atoms with Crippen LogP contribution in [-0.2, 0) is 11.2 Å². The van der Waals surface area contributed by atoms with Crippen molar-refractivity contribution in [2.75, 3.05) is 18.0 Å². The number of carbonyl (C=O) groups excluding carboxylic acids is 2. The number of hydrogen-bond acceptors (Lipinski definition) is 3. The molecule has 4 rings (SSSR count). The molecule has 1 aromatic carbocycles. The fourth-order valence-corrected chi connectivity index (χ4v) is 4.30. The summed E-state index contributed by atoms with van der Waals surface area (Å²) in [5.74, 6) is -0.414. The Labute approximate surface area is 149 Å². The standard InChI is InChI=1S/C19H19FN2O2S/c1-12-4-5-13-9-15(20)6-7-16(13)22(12)18(23)14-10-21(11-14)19(24)17-3-2-8-25-17/h2-3,6-9,12,14H,4-5,10-11H2,1H3/t12-/m1/s1. The van der Waals surface area contributed by atoms with E-state index in [-0.39, 0.29) is 29.6 Å². The molecular formula is C19H19FN2O2S. The Kier molecular flexibility index (Phi) is 4.07. The van der Waals surface area contributed by atoms with Gasteiger partial charge < -0.3 is 9.80 Å². The maximum Gasteiger partial charge on any atom is 0.263 e. The first-order chi connectivity index (χ1) is 12.0. The Bertz CT molecular complexity index is 815. The molecule has 6 heteroatoms. The molecule has 1 atom stereocenters. The fraction of sp³-hybridized carbons (Fsp3) is 0.368. The normalized spacial score (nSPS) is 20.2. The van der Waals surface area contributed by atoms with Gasteiger partial charge in [0.2, 0.25) is 5.91 Å². The fourth-order valence-electron chi connectivity index (χ4n) is 3.61. The monoisotopic (exact) mass is 358 g/mol. The number of halogens is 1. The van der Waals surface area contributed by atoms with Crippen molar-refractivity contribution < 1.29 is 14.0 Å². The van der Waals surface area contributed by atoms with Crippen molar-refractivity contribution in [3.8, 4) is 0 Å². The summed E-state index contributed by atoms with van der Waals surface area (Å²) in [7, 11) is 0. The number of carbonyl (C=O) groups is 2. The van der Waals surface area contributed by atoms with Gasteiger partial charge in [0.25, 0.3) is 5.91 Å². The Hall–Kier alpha value is -2.21. The van der Waals surface area contributed by atoms with Crippen molar-refractivity contribution in [2.45, 2.75) is 25.8 Å². The van der Waals surface area contributed by atoms with Gasteiger partial charge in [0.05, 0.1) is 10.8 Å². The molecule has 1 fully saturated rings. The minimum absolute atomic E-state index is 0.00628. The predicted molar refractivity (Wildman–Crippen MR) is 95.4 cm³/mol. The first kappa shape index (κ1) is 16.3. The van der Waals surface area contributed by atoms with Gasteiger partial charge in [-0.15, -0.1) is 11.3 Å². The van der Waals surface area contributed by atoms with Crippen LogP contribution in [0.15, 0.2) is 35.7 Å². The molecule has 2 aliphatic heterocycles. The molecule has 3 heterocycles. The van der Waals surface area contributed by atoms with E-state index >= 15 is 0 Å². The van der Waals surface area contributed by atoms with E-state index in [1.54, 1.807) is 21.9 Å². The van der Waals surface area contributed by atoms with Gasteiger partial charge >= 0.3 is 0 Å². The molecule has 0 spiro atoms. The third-order valence-corrected chi connectivity index (χ3v) is 5.92. The van der Waals surface area contributed by atoms with E-state index in [4.69, 9.17) is 0 Å². The van der Waals surface area contributed by atoms with E-state index in [9.17, 15) is 14.0 Å². The maximum absolute atomic E-state index is 13.5. The minimum atomic E-state index is -0.267. The van der Waals surface area contributed by atoms with Gasteiger partial charge in [-0.25, -0.2) is 4.39 Å². The topological polar surface area (TPSA) is 40.6 Å². The zero-order valence-corrected chi connectivity index (χ0v) is 14.8. The highest BCUT2D eigenvalue weighted by molar-refractivity contribution is 7.12. The molecule has 1 saturated heterocycles. The Balaban J connectivity index is 1.48. The number of hydrogen-bond donors (Lipinski definition) is 0. The van der Waals surface area contributed by atoms with Crippen LogP contribution >= 0.6 is 11.3 Å². The van der Waals surface area contributed by atoms with Crippen LogP contribution in [0, 0.1) is 11.7 Å². The number of amides is 2. The van der Waals surface area contributed by atoms with E-state index in [2.05, 4.69) is 0 Å². The third-order valence-electron chi connectivity index (χ3n) is 5.06. The van der Waals surface area contributed by atoms with Gasteiger partial charge in [0, 0.05) is 24.8 Å².